The van der Waals surface area contributed by atoms with Gasteiger partial charge < -0.3 is 5.32 Å². The fourth-order valence-electron chi connectivity index (χ4n) is 3.39. The molecule has 0 aliphatic carbocycles. The van der Waals surface area contributed by atoms with Crippen molar-refractivity contribution in [2.75, 3.05) is 19.6 Å². The van der Waals surface area contributed by atoms with Gasteiger partial charge in [-0.1, -0.05) is 27.7 Å². The van der Waals surface area contributed by atoms with Crippen molar-refractivity contribution in [3.63, 3.8) is 0 Å². The van der Waals surface area contributed by atoms with Gasteiger partial charge in [-0.2, -0.15) is 0 Å². The van der Waals surface area contributed by atoms with E-state index in [4.69, 9.17) is 0 Å². The summed E-state index contributed by atoms with van der Waals surface area (Å²) in [6, 6.07) is 1.34. The number of likely N-dealkylation sites (tertiary alicyclic amines) is 1. The van der Waals surface area contributed by atoms with E-state index in [1.54, 1.807) is 0 Å². The summed E-state index contributed by atoms with van der Waals surface area (Å²) < 4.78 is 0. The third kappa shape index (κ3) is 4.55. The molecule has 18 heavy (non-hydrogen) atoms. The Morgan fingerprint density at radius 1 is 1.11 bits per heavy atom. The maximum Gasteiger partial charge on any atom is 0.0220 e. The summed E-state index contributed by atoms with van der Waals surface area (Å²) in [5.41, 5.74) is 0. The number of likely N-dealkylation sites (N-methyl/N-ethyl adjacent to an activating group) is 1. The summed E-state index contributed by atoms with van der Waals surface area (Å²) >= 11 is 0. The van der Waals surface area contributed by atoms with Crippen LogP contribution in [0.5, 0.6) is 0 Å². The first-order chi connectivity index (χ1) is 8.60. The molecule has 1 fully saturated rings. The van der Waals surface area contributed by atoms with Crippen molar-refractivity contribution >= 4 is 0 Å². The van der Waals surface area contributed by atoms with Gasteiger partial charge in [0.05, 0.1) is 0 Å². The van der Waals surface area contributed by atoms with Gasteiger partial charge in [-0.25, -0.2) is 0 Å². The zero-order valence-electron chi connectivity index (χ0n) is 13.2. The van der Waals surface area contributed by atoms with Crippen molar-refractivity contribution in [1.82, 2.24) is 10.2 Å². The van der Waals surface area contributed by atoms with E-state index in [0.717, 1.165) is 18.4 Å². The molecular weight excluding hydrogens is 220 g/mol. The molecule has 1 aliphatic rings. The molecule has 1 heterocycles. The van der Waals surface area contributed by atoms with Gasteiger partial charge in [-0.15, -0.1) is 0 Å². The summed E-state index contributed by atoms with van der Waals surface area (Å²) in [5, 5.41) is 3.64. The Morgan fingerprint density at radius 2 is 1.83 bits per heavy atom. The highest BCUT2D eigenvalue weighted by molar-refractivity contribution is 4.82. The van der Waals surface area contributed by atoms with Gasteiger partial charge in [0, 0.05) is 12.1 Å². The van der Waals surface area contributed by atoms with Crippen LogP contribution < -0.4 is 5.32 Å². The minimum absolute atomic E-state index is 0.658. The standard InChI is InChI=1S/C16H34N2/c1-6-16(17-7-2)14(5)18-11-8-9-15(10-12-18)13(3)4/h13-17H,6-12H2,1-5H3. The molecular formula is C16H34N2. The summed E-state index contributed by atoms with van der Waals surface area (Å²) in [6.07, 6.45) is 5.44. The summed E-state index contributed by atoms with van der Waals surface area (Å²) in [4.78, 5) is 2.72. The Kier molecular flexibility index (Phi) is 7.25. The van der Waals surface area contributed by atoms with Crippen molar-refractivity contribution < 1.29 is 0 Å². The first-order valence-corrected chi connectivity index (χ1v) is 8.07. The molecule has 2 heteroatoms. The number of hydrogen-bond acceptors (Lipinski definition) is 2. The number of nitrogens with zero attached hydrogens (tertiary/aromatic N) is 1. The zero-order valence-corrected chi connectivity index (χ0v) is 13.2. The lowest BCUT2D eigenvalue weighted by molar-refractivity contribution is 0.169. The maximum absolute atomic E-state index is 3.64. The Bertz CT molecular complexity index is 215. The average Bonchev–Trinajstić information content (AvgIpc) is 2.60. The molecule has 108 valence electrons. The van der Waals surface area contributed by atoms with E-state index < -0.39 is 0 Å². The van der Waals surface area contributed by atoms with Crippen molar-refractivity contribution in [1.29, 1.82) is 0 Å². The van der Waals surface area contributed by atoms with E-state index in [-0.39, 0.29) is 0 Å². The highest BCUT2D eigenvalue weighted by Crippen LogP contribution is 2.26. The number of rotatable bonds is 6. The Hall–Kier alpha value is -0.0800. The summed E-state index contributed by atoms with van der Waals surface area (Å²) in [7, 11) is 0. The van der Waals surface area contributed by atoms with Crippen molar-refractivity contribution in [2.24, 2.45) is 11.8 Å². The molecule has 2 nitrogen and oxygen atoms in total. The van der Waals surface area contributed by atoms with Crippen LogP contribution in [0.3, 0.4) is 0 Å². The lowest BCUT2D eigenvalue weighted by Crippen LogP contribution is -2.48. The highest BCUT2D eigenvalue weighted by atomic mass is 15.2. The van der Waals surface area contributed by atoms with Crippen molar-refractivity contribution in [3.05, 3.63) is 0 Å². The van der Waals surface area contributed by atoms with E-state index >= 15 is 0 Å². The van der Waals surface area contributed by atoms with Crippen LogP contribution in [0.4, 0.5) is 0 Å². The van der Waals surface area contributed by atoms with Crippen LogP contribution in [0.2, 0.25) is 0 Å². The minimum Gasteiger partial charge on any atom is -0.313 e. The second kappa shape index (κ2) is 8.16. The first-order valence-electron chi connectivity index (χ1n) is 8.07. The monoisotopic (exact) mass is 254 g/mol. The molecule has 0 saturated carbocycles. The molecule has 0 bridgehead atoms. The topological polar surface area (TPSA) is 15.3 Å². The molecule has 3 atom stereocenters. The minimum atomic E-state index is 0.658. The van der Waals surface area contributed by atoms with Gasteiger partial charge in [0.1, 0.15) is 0 Å². The lowest BCUT2D eigenvalue weighted by atomic mass is 9.89. The molecule has 0 aromatic rings. The normalized spacial score (nSPS) is 26.0. The highest BCUT2D eigenvalue weighted by Gasteiger charge is 2.25. The van der Waals surface area contributed by atoms with Crippen LogP contribution in [0.1, 0.15) is 60.3 Å². The molecule has 1 N–H and O–H groups in total. The van der Waals surface area contributed by atoms with Crippen molar-refractivity contribution in [3.8, 4) is 0 Å². The Morgan fingerprint density at radius 3 is 2.39 bits per heavy atom. The Balaban J connectivity index is 2.50. The van der Waals surface area contributed by atoms with Crippen LogP contribution in [-0.4, -0.2) is 36.6 Å². The fourth-order valence-corrected chi connectivity index (χ4v) is 3.39. The molecule has 3 unspecified atom stereocenters. The van der Waals surface area contributed by atoms with Gasteiger partial charge in [0.15, 0.2) is 0 Å². The van der Waals surface area contributed by atoms with Gasteiger partial charge in [0.25, 0.3) is 0 Å². The van der Waals surface area contributed by atoms with Gasteiger partial charge in [-0.05, 0) is 64.1 Å². The molecule has 0 spiro atoms. The van der Waals surface area contributed by atoms with Gasteiger partial charge >= 0.3 is 0 Å². The second-order valence-corrected chi connectivity index (χ2v) is 6.28. The maximum atomic E-state index is 3.64. The summed E-state index contributed by atoms with van der Waals surface area (Å²) in [5.74, 6) is 1.80. The van der Waals surface area contributed by atoms with Crippen molar-refractivity contribution in [2.45, 2.75) is 72.4 Å². The summed E-state index contributed by atoms with van der Waals surface area (Å²) in [6.45, 7) is 15.4. The number of hydrogen-bond donors (Lipinski definition) is 1. The van der Waals surface area contributed by atoms with Crippen LogP contribution in [0.25, 0.3) is 0 Å². The molecule has 0 aromatic heterocycles. The van der Waals surface area contributed by atoms with Crippen LogP contribution >= 0.6 is 0 Å². The lowest BCUT2D eigenvalue weighted by Gasteiger charge is -2.34. The molecule has 1 rings (SSSR count). The van der Waals surface area contributed by atoms with Crippen LogP contribution in [0, 0.1) is 11.8 Å². The smallest absolute Gasteiger partial charge is 0.0220 e. The third-order valence-electron chi connectivity index (χ3n) is 4.81. The van der Waals surface area contributed by atoms with E-state index in [1.165, 1.54) is 38.8 Å². The third-order valence-corrected chi connectivity index (χ3v) is 4.81. The quantitative estimate of drug-likeness (QED) is 0.780. The molecule has 0 radical (unpaired) electrons. The largest absolute Gasteiger partial charge is 0.313 e. The van der Waals surface area contributed by atoms with Crippen LogP contribution in [-0.2, 0) is 0 Å². The van der Waals surface area contributed by atoms with Gasteiger partial charge in [0.2, 0.25) is 0 Å². The van der Waals surface area contributed by atoms with Crippen LogP contribution in [0.15, 0.2) is 0 Å². The predicted octanol–water partition coefficient (Wildman–Crippen LogP) is 3.52. The van der Waals surface area contributed by atoms with E-state index in [2.05, 4.69) is 44.8 Å². The molecule has 0 aromatic carbocycles. The first kappa shape index (κ1) is 16.0. The zero-order chi connectivity index (χ0) is 13.5. The Labute approximate surface area is 115 Å². The second-order valence-electron chi connectivity index (χ2n) is 6.28. The SMILES string of the molecule is CCNC(CC)C(C)N1CCCC(C(C)C)CC1. The number of nitrogens with one attached hydrogen (secondary N) is 1. The van der Waals surface area contributed by atoms with Gasteiger partial charge in [-0.3, -0.25) is 4.90 Å². The van der Waals surface area contributed by atoms with E-state index in [0.29, 0.717) is 12.1 Å². The molecule has 1 aliphatic heterocycles. The molecule has 0 amide bonds. The predicted molar refractivity (Wildman–Crippen MR) is 81.0 cm³/mol. The fraction of sp³-hybridized carbons (Fsp3) is 1.00. The average molecular weight is 254 g/mol. The van der Waals surface area contributed by atoms with E-state index in [9.17, 15) is 0 Å². The van der Waals surface area contributed by atoms with E-state index in [1.807, 2.05) is 0 Å². The molecule has 1 saturated heterocycles.